The third kappa shape index (κ3) is 2.41. The largest absolute Gasteiger partial charge is 0.268 e. The lowest BCUT2D eigenvalue weighted by Crippen LogP contribution is -2.24. The maximum absolute atomic E-state index is 13.4. The van der Waals surface area contributed by atoms with E-state index in [1.54, 1.807) is 10.6 Å². The molecule has 1 aromatic carbocycles. The van der Waals surface area contributed by atoms with Gasteiger partial charge in [-0.3, -0.25) is 9.36 Å². The Morgan fingerprint density at radius 3 is 2.75 bits per heavy atom. The minimum atomic E-state index is -0.430. The molecule has 0 atom stereocenters. The smallest absolute Gasteiger partial charge is 0.266 e. The number of nitrogens with zero attached hydrogens (tertiary/aromatic N) is 2. The summed E-state index contributed by atoms with van der Waals surface area (Å²) in [5.41, 5.74) is 1.03. The van der Waals surface area contributed by atoms with E-state index in [0.29, 0.717) is 23.1 Å². The van der Waals surface area contributed by atoms with Crippen LogP contribution >= 0.6 is 0 Å². The Kier molecular flexibility index (Phi) is 4.13. The molecular formula is C16H17FN2O. The van der Waals surface area contributed by atoms with Gasteiger partial charge >= 0.3 is 0 Å². The molecule has 20 heavy (non-hydrogen) atoms. The number of allylic oxidation sites excluding steroid dienone is 4. The molecule has 0 spiro atoms. The first-order valence-electron chi connectivity index (χ1n) is 6.63. The van der Waals surface area contributed by atoms with Crippen molar-refractivity contribution < 1.29 is 4.39 Å². The van der Waals surface area contributed by atoms with Crippen LogP contribution < -0.4 is 5.56 Å². The number of hydrogen-bond acceptors (Lipinski definition) is 2. The molecule has 104 valence electrons. The quantitative estimate of drug-likeness (QED) is 0.801. The Balaban J connectivity index is 2.88. The normalized spacial score (nSPS) is 12.5. The van der Waals surface area contributed by atoms with Crippen molar-refractivity contribution >= 4 is 16.6 Å². The van der Waals surface area contributed by atoms with Crippen LogP contribution in [0.15, 0.2) is 41.2 Å². The van der Waals surface area contributed by atoms with E-state index in [9.17, 15) is 9.18 Å². The average Bonchev–Trinajstić information content (AvgIpc) is 2.46. The number of rotatable bonds is 3. The summed E-state index contributed by atoms with van der Waals surface area (Å²) < 4.78 is 14.9. The first-order valence-corrected chi connectivity index (χ1v) is 6.63. The van der Waals surface area contributed by atoms with Crippen molar-refractivity contribution in [1.82, 2.24) is 9.55 Å². The molecule has 3 nitrogen and oxygen atoms in total. The van der Waals surface area contributed by atoms with E-state index in [1.165, 1.54) is 12.1 Å². The minimum Gasteiger partial charge on any atom is -0.268 e. The minimum absolute atomic E-state index is 0.238. The van der Waals surface area contributed by atoms with Gasteiger partial charge in [-0.1, -0.05) is 19.1 Å². The summed E-state index contributed by atoms with van der Waals surface area (Å²) in [6.45, 7) is 5.68. The fourth-order valence-corrected chi connectivity index (χ4v) is 2.18. The second-order valence-electron chi connectivity index (χ2n) is 4.40. The number of halogens is 1. The van der Waals surface area contributed by atoms with E-state index >= 15 is 0 Å². The molecule has 0 saturated heterocycles. The summed E-state index contributed by atoms with van der Waals surface area (Å²) in [6, 6.07) is 4.10. The zero-order valence-electron chi connectivity index (χ0n) is 11.9. The van der Waals surface area contributed by atoms with Gasteiger partial charge in [0, 0.05) is 12.1 Å². The Morgan fingerprint density at radius 2 is 2.15 bits per heavy atom. The third-order valence-electron chi connectivity index (χ3n) is 3.11. The fourth-order valence-electron chi connectivity index (χ4n) is 2.18. The van der Waals surface area contributed by atoms with Crippen molar-refractivity contribution in [3.05, 3.63) is 58.4 Å². The number of aromatic nitrogens is 2. The molecule has 0 aliphatic rings. The predicted molar refractivity (Wildman–Crippen MR) is 80.1 cm³/mol. The van der Waals surface area contributed by atoms with Gasteiger partial charge in [-0.05, 0) is 38.1 Å². The topological polar surface area (TPSA) is 34.9 Å². The predicted octanol–water partition coefficient (Wildman–Crippen LogP) is 3.53. The van der Waals surface area contributed by atoms with Gasteiger partial charge in [-0.2, -0.15) is 0 Å². The van der Waals surface area contributed by atoms with E-state index in [1.807, 2.05) is 39.0 Å². The van der Waals surface area contributed by atoms with E-state index in [-0.39, 0.29) is 5.56 Å². The first-order chi connectivity index (χ1) is 9.62. The van der Waals surface area contributed by atoms with Crippen molar-refractivity contribution in [1.29, 1.82) is 0 Å². The fraction of sp³-hybridized carbons (Fsp3) is 0.250. The standard InChI is InChI=1S/C16H17FN2O/c1-4-7-12(5-2)19-15(6-3)18-14-9-8-11(17)10-13(14)16(19)20/h4-5,7-10H,6H2,1-3H3/b7-4-,12-5+. The van der Waals surface area contributed by atoms with Gasteiger partial charge in [0.25, 0.3) is 5.56 Å². The van der Waals surface area contributed by atoms with Gasteiger partial charge in [0.05, 0.1) is 10.9 Å². The monoisotopic (exact) mass is 272 g/mol. The lowest BCUT2D eigenvalue weighted by atomic mass is 10.2. The zero-order chi connectivity index (χ0) is 14.7. The van der Waals surface area contributed by atoms with Crippen LogP contribution in [0.2, 0.25) is 0 Å². The maximum atomic E-state index is 13.4. The lowest BCUT2D eigenvalue weighted by Gasteiger charge is -2.13. The Labute approximate surface area is 117 Å². The summed E-state index contributed by atoms with van der Waals surface area (Å²) >= 11 is 0. The molecule has 0 fully saturated rings. The number of benzene rings is 1. The third-order valence-corrected chi connectivity index (χ3v) is 3.11. The molecule has 1 heterocycles. The summed E-state index contributed by atoms with van der Waals surface area (Å²) in [4.78, 5) is 17.1. The molecule has 2 rings (SSSR count). The highest BCUT2D eigenvalue weighted by Crippen LogP contribution is 2.14. The molecule has 0 aliphatic carbocycles. The molecular weight excluding hydrogens is 255 g/mol. The molecule has 2 aromatic rings. The van der Waals surface area contributed by atoms with E-state index in [4.69, 9.17) is 0 Å². The van der Waals surface area contributed by atoms with Crippen LogP contribution in [0.1, 0.15) is 26.6 Å². The first kappa shape index (κ1) is 14.2. The van der Waals surface area contributed by atoms with Crippen LogP contribution in [0.5, 0.6) is 0 Å². The molecule has 4 heteroatoms. The molecule has 0 saturated carbocycles. The molecule has 0 unspecified atom stereocenters. The lowest BCUT2D eigenvalue weighted by molar-refractivity contribution is 0.629. The van der Waals surface area contributed by atoms with Crippen molar-refractivity contribution in [2.75, 3.05) is 0 Å². The maximum Gasteiger partial charge on any atom is 0.266 e. The van der Waals surface area contributed by atoms with Gasteiger partial charge in [0.2, 0.25) is 0 Å². The van der Waals surface area contributed by atoms with Gasteiger partial charge in [-0.25, -0.2) is 9.37 Å². The Hall–Kier alpha value is -2.23. The SMILES string of the molecule is C/C=C\C(=C/C)n1c(CC)nc2ccc(F)cc2c1=O. The molecule has 0 N–H and O–H groups in total. The second kappa shape index (κ2) is 5.82. The van der Waals surface area contributed by atoms with Gasteiger partial charge in [0.1, 0.15) is 11.6 Å². The van der Waals surface area contributed by atoms with Crippen molar-refractivity contribution in [2.45, 2.75) is 27.2 Å². The average molecular weight is 272 g/mol. The van der Waals surface area contributed by atoms with Crippen LogP contribution in [-0.4, -0.2) is 9.55 Å². The van der Waals surface area contributed by atoms with Crippen LogP contribution in [0.4, 0.5) is 4.39 Å². The summed E-state index contributed by atoms with van der Waals surface area (Å²) in [5.74, 6) is 0.237. The molecule has 0 amide bonds. The second-order valence-corrected chi connectivity index (χ2v) is 4.40. The summed E-state index contributed by atoms with van der Waals surface area (Å²) in [6.07, 6.45) is 6.16. The van der Waals surface area contributed by atoms with E-state index in [0.717, 1.165) is 5.70 Å². The van der Waals surface area contributed by atoms with Crippen molar-refractivity contribution in [2.24, 2.45) is 0 Å². The van der Waals surface area contributed by atoms with Crippen LogP contribution in [0.25, 0.3) is 16.6 Å². The van der Waals surface area contributed by atoms with E-state index < -0.39 is 5.82 Å². The summed E-state index contributed by atoms with van der Waals surface area (Å²) in [7, 11) is 0. The van der Waals surface area contributed by atoms with Gasteiger partial charge in [-0.15, -0.1) is 0 Å². The number of hydrogen-bond donors (Lipinski definition) is 0. The molecule has 1 aromatic heterocycles. The Bertz CT molecular complexity index is 757. The van der Waals surface area contributed by atoms with Crippen LogP contribution in [0.3, 0.4) is 0 Å². The van der Waals surface area contributed by atoms with Crippen molar-refractivity contribution in [3.8, 4) is 0 Å². The molecule has 0 bridgehead atoms. The number of fused-ring (bicyclic) bond motifs is 1. The van der Waals surface area contributed by atoms with E-state index in [2.05, 4.69) is 4.98 Å². The van der Waals surface area contributed by atoms with Crippen LogP contribution in [-0.2, 0) is 6.42 Å². The highest BCUT2D eigenvalue weighted by molar-refractivity contribution is 5.79. The highest BCUT2D eigenvalue weighted by Gasteiger charge is 2.12. The number of aryl methyl sites for hydroxylation is 1. The van der Waals surface area contributed by atoms with Gasteiger partial charge in [0.15, 0.2) is 0 Å². The van der Waals surface area contributed by atoms with Crippen LogP contribution in [0, 0.1) is 5.82 Å². The molecule has 0 aliphatic heterocycles. The molecule has 0 radical (unpaired) electrons. The zero-order valence-corrected chi connectivity index (χ0v) is 11.9. The van der Waals surface area contributed by atoms with Gasteiger partial charge < -0.3 is 0 Å². The summed E-state index contributed by atoms with van der Waals surface area (Å²) in [5, 5.41) is 0.297. The highest BCUT2D eigenvalue weighted by atomic mass is 19.1. The Morgan fingerprint density at radius 1 is 1.40 bits per heavy atom. The van der Waals surface area contributed by atoms with Crippen molar-refractivity contribution in [3.63, 3.8) is 0 Å².